The van der Waals surface area contributed by atoms with Gasteiger partial charge in [0.25, 0.3) is 0 Å². The molecule has 0 amide bonds. The minimum atomic E-state index is 0.124. The van der Waals surface area contributed by atoms with Gasteiger partial charge in [0.15, 0.2) is 0 Å². The van der Waals surface area contributed by atoms with Crippen molar-refractivity contribution in [1.82, 2.24) is 30.0 Å². The van der Waals surface area contributed by atoms with Crippen molar-refractivity contribution in [2.24, 2.45) is 0 Å². The molecular formula is C13H20N6. The Morgan fingerprint density at radius 2 is 2.16 bits per heavy atom. The Bertz CT molecular complexity index is 481. The molecule has 19 heavy (non-hydrogen) atoms. The van der Waals surface area contributed by atoms with Crippen molar-refractivity contribution in [3.05, 3.63) is 36.4 Å². The number of nitrogens with one attached hydrogen (secondary N) is 1. The van der Waals surface area contributed by atoms with E-state index < -0.39 is 0 Å². The highest BCUT2D eigenvalue weighted by Gasteiger charge is 2.16. The molecule has 0 aliphatic rings. The molecule has 0 saturated carbocycles. The first-order valence-corrected chi connectivity index (χ1v) is 6.71. The Morgan fingerprint density at radius 1 is 1.26 bits per heavy atom. The Morgan fingerprint density at radius 3 is 2.84 bits per heavy atom. The number of hydrogen-bond donors (Lipinski definition) is 1. The van der Waals surface area contributed by atoms with Crippen LogP contribution in [0.5, 0.6) is 0 Å². The average Bonchev–Trinajstić information content (AvgIpc) is 2.87. The van der Waals surface area contributed by atoms with Crippen LogP contribution in [0.25, 0.3) is 0 Å². The van der Waals surface area contributed by atoms with Crippen molar-refractivity contribution in [2.45, 2.75) is 39.3 Å². The number of aromatic nitrogens is 5. The molecule has 102 valence electrons. The zero-order valence-corrected chi connectivity index (χ0v) is 11.5. The number of likely N-dealkylation sites (N-methyl/N-ethyl adjacent to an activating group) is 1. The third-order valence-electron chi connectivity index (χ3n) is 2.91. The van der Waals surface area contributed by atoms with E-state index in [-0.39, 0.29) is 6.04 Å². The SMILES string of the molecule is CCCn1ncnc1CC(NCC)c1cnccn1. The molecule has 6 heteroatoms. The lowest BCUT2D eigenvalue weighted by molar-refractivity contribution is 0.490. The van der Waals surface area contributed by atoms with E-state index in [1.54, 1.807) is 24.9 Å². The standard InChI is InChI=1S/C13H20N6/c1-3-7-19-13(17-10-18-19)8-11(15-4-2)12-9-14-5-6-16-12/h5-6,9-11,15H,3-4,7-8H2,1-2H3. The van der Waals surface area contributed by atoms with Gasteiger partial charge in [0.1, 0.15) is 12.2 Å². The third kappa shape index (κ3) is 3.57. The van der Waals surface area contributed by atoms with Crippen LogP contribution in [0.15, 0.2) is 24.9 Å². The van der Waals surface area contributed by atoms with Crippen molar-refractivity contribution >= 4 is 0 Å². The van der Waals surface area contributed by atoms with Crippen LogP contribution in [-0.4, -0.2) is 31.3 Å². The second kappa shape index (κ2) is 6.94. The molecule has 6 nitrogen and oxygen atoms in total. The van der Waals surface area contributed by atoms with Gasteiger partial charge in [-0.15, -0.1) is 0 Å². The molecule has 2 aromatic rings. The van der Waals surface area contributed by atoms with Crippen LogP contribution in [0.3, 0.4) is 0 Å². The molecule has 0 bridgehead atoms. The Kier molecular flexibility index (Phi) is 4.97. The molecule has 0 aliphatic carbocycles. The van der Waals surface area contributed by atoms with Crippen molar-refractivity contribution in [2.75, 3.05) is 6.54 Å². The molecule has 1 unspecified atom stereocenters. The first kappa shape index (κ1) is 13.6. The lowest BCUT2D eigenvalue weighted by Crippen LogP contribution is -2.25. The highest BCUT2D eigenvalue weighted by molar-refractivity contribution is 5.06. The molecule has 0 fully saturated rings. The number of hydrogen-bond acceptors (Lipinski definition) is 5. The molecule has 2 aromatic heterocycles. The predicted octanol–water partition coefficient (Wildman–Crippen LogP) is 1.37. The second-order valence-corrected chi connectivity index (χ2v) is 4.34. The van der Waals surface area contributed by atoms with Gasteiger partial charge in [0, 0.05) is 31.6 Å². The fraction of sp³-hybridized carbons (Fsp3) is 0.538. The highest BCUT2D eigenvalue weighted by atomic mass is 15.3. The molecule has 0 radical (unpaired) electrons. The van der Waals surface area contributed by atoms with E-state index in [1.807, 2.05) is 4.68 Å². The Labute approximate surface area is 113 Å². The zero-order chi connectivity index (χ0) is 13.5. The molecule has 0 spiro atoms. The van der Waals surface area contributed by atoms with Crippen molar-refractivity contribution < 1.29 is 0 Å². The summed E-state index contributed by atoms with van der Waals surface area (Å²) in [5.74, 6) is 0.985. The Balaban J connectivity index is 2.14. The number of aryl methyl sites for hydroxylation is 1. The summed E-state index contributed by atoms with van der Waals surface area (Å²) in [6.45, 7) is 5.99. The van der Waals surface area contributed by atoms with E-state index in [0.29, 0.717) is 0 Å². The van der Waals surface area contributed by atoms with Gasteiger partial charge in [-0.1, -0.05) is 13.8 Å². The summed E-state index contributed by atoms with van der Waals surface area (Å²) in [5.41, 5.74) is 0.940. The minimum absolute atomic E-state index is 0.124. The van der Waals surface area contributed by atoms with Gasteiger partial charge in [-0.05, 0) is 13.0 Å². The second-order valence-electron chi connectivity index (χ2n) is 4.34. The molecule has 2 heterocycles. The summed E-state index contributed by atoms with van der Waals surface area (Å²) in [7, 11) is 0. The molecule has 1 N–H and O–H groups in total. The molecule has 0 saturated heterocycles. The smallest absolute Gasteiger partial charge is 0.138 e. The van der Waals surface area contributed by atoms with Crippen molar-refractivity contribution in [3.8, 4) is 0 Å². The van der Waals surface area contributed by atoms with Crippen LogP contribution in [0.4, 0.5) is 0 Å². The summed E-state index contributed by atoms with van der Waals surface area (Å²) in [6, 6.07) is 0.124. The highest BCUT2D eigenvalue weighted by Crippen LogP contribution is 2.14. The van der Waals surface area contributed by atoms with Crippen LogP contribution in [0, 0.1) is 0 Å². The quantitative estimate of drug-likeness (QED) is 0.814. The van der Waals surface area contributed by atoms with E-state index in [0.717, 1.165) is 37.4 Å². The fourth-order valence-electron chi connectivity index (χ4n) is 2.05. The summed E-state index contributed by atoms with van der Waals surface area (Å²) in [4.78, 5) is 12.8. The summed E-state index contributed by atoms with van der Waals surface area (Å²) in [6.07, 6.45) is 8.64. The zero-order valence-electron chi connectivity index (χ0n) is 11.5. The fourth-order valence-corrected chi connectivity index (χ4v) is 2.05. The first-order chi connectivity index (χ1) is 9.35. The molecule has 0 aliphatic heterocycles. The van der Waals surface area contributed by atoms with Gasteiger partial charge in [-0.2, -0.15) is 5.10 Å². The molecule has 1 atom stereocenters. The third-order valence-corrected chi connectivity index (χ3v) is 2.91. The maximum Gasteiger partial charge on any atom is 0.138 e. The number of rotatable bonds is 7. The first-order valence-electron chi connectivity index (χ1n) is 6.71. The monoisotopic (exact) mass is 260 g/mol. The average molecular weight is 260 g/mol. The normalized spacial score (nSPS) is 12.5. The van der Waals surface area contributed by atoms with Gasteiger partial charge in [0.05, 0.1) is 11.7 Å². The van der Waals surface area contributed by atoms with Gasteiger partial charge < -0.3 is 5.32 Å². The van der Waals surface area contributed by atoms with Crippen LogP contribution in [0.1, 0.15) is 37.8 Å². The maximum absolute atomic E-state index is 4.37. The minimum Gasteiger partial charge on any atom is -0.308 e. The molecule has 0 aromatic carbocycles. The van der Waals surface area contributed by atoms with E-state index in [4.69, 9.17) is 0 Å². The maximum atomic E-state index is 4.37. The topological polar surface area (TPSA) is 68.5 Å². The largest absolute Gasteiger partial charge is 0.308 e. The summed E-state index contributed by atoms with van der Waals surface area (Å²) < 4.78 is 1.96. The van der Waals surface area contributed by atoms with Gasteiger partial charge in [-0.3, -0.25) is 14.6 Å². The molecular weight excluding hydrogens is 240 g/mol. The van der Waals surface area contributed by atoms with Gasteiger partial charge >= 0.3 is 0 Å². The summed E-state index contributed by atoms with van der Waals surface area (Å²) in [5, 5.41) is 7.68. The van der Waals surface area contributed by atoms with E-state index >= 15 is 0 Å². The lowest BCUT2D eigenvalue weighted by Gasteiger charge is -2.16. The van der Waals surface area contributed by atoms with Crippen molar-refractivity contribution in [1.29, 1.82) is 0 Å². The van der Waals surface area contributed by atoms with Crippen LogP contribution in [0.2, 0.25) is 0 Å². The van der Waals surface area contributed by atoms with E-state index in [9.17, 15) is 0 Å². The van der Waals surface area contributed by atoms with E-state index in [2.05, 4.69) is 39.2 Å². The summed E-state index contributed by atoms with van der Waals surface area (Å²) >= 11 is 0. The number of nitrogens with zero attached hydrogens (tertiary/aromatic N) is 5. The van der Waals surface area contributed by atoms with E-state index in [1.165, 1.54) is 0 Å². The lowest BCUT2D eigenvalue weighted by atomic mass is 10.1. The van der Waals surface area contributed by atoms with Crippen LogP contribution in [-0.2, 0) is 13.0 Å². The van der Waals surface area contributed by atoms with Crippen molar-refractivity contribution in [3.63, 3.8) is 0 Å². The van der Waals surface area contributed by atoms with Crippen LogP contribution >= 0.6 is 0 Å². The molecule has 2 rings (SSSR count). The van der Waals surface area contributed by atoms with Gasteiger partial charge in [-0.25, -0.2) is 4.98 Å². The van der Waals surface area contributed by atoms with Gasteiger partial charge in [0.2, 0.25) is 0 Å². The predicted molar refractivity (Wildman–Crippen MR) is 72.5 cm³/mol. The Hall–Kier alpha value is -1.82. The van der Waals surface area contributed by atoms with Crippen LogP contribution < -0.4 is 5.32 Å².